The highest BCUT2D eigenvalue weighted by Gasteiger charge is 2.19. The highest BCUT2D eigenvalue weighted by Crippen LogP contribution is 2.15. The normalized spacial score (nSPS) is 11.5. The molecule has 0 saturated heterocycles. The second-order valence-electron chi connectivity index (χ2n) is 4.75. The molecule has 126 valence electrons. The van der Waals surface area contributed by atoms with Crippen LogP contribution in [0, 0.1) is 10.1 Å². The van der Waals surface area contributed by atoms with E-state index in [1.807, 2.05) is 0 Å². The van der Waals surface area contributed by atoms with E-state index in [0.29, 0.717) is 18.7 Å². The monoisotopic (exact) mass is 325 g/mol. The molecule has 0 aliphatic carbocycles. The summed E-state index contributed by atoms with van der Waals surface area (Å²) < 4.78 is 4.72. The summed E-state index contributed by atoms with van der Waals surface area (Å²) in [5, 5.41) is 24.8. The number of nitrogens with zero attached hydrogens (tertiary/aromatic N) is 1. The van der Waals surface area contributed by atoms with Crippen molar-refractivity contribution in [3.05, 3.63) is 34.4 Å². The molecule has 0 radical (unpaired) electrons. The molecule has 1 aromatic carbocycles. The third-order valence-electron chi connectivity index (χ3n) is 2.95. The number of carboxylic acids is 1. The first-order valence-corrected chi connectivity index (χ1v) is 6.93. The quantitative estimate of drug-likeness (QED) is 0.332. The van der Waals surface area contributed by atoms with E-state index in [9.17, 15) is 19.7 Å². The number of carboxylic acid groups (broad SMARTS) is 1. The summed E-state index contributed by atoms with van der Waals surface area (Å²) in [6, 6.07) is 4.87. The zero-order valence-corrected chi connectivity index (χ0v) is 12.7. The van der Waals surface area contributed by atoms with Crippen LogP contribution in [0.15, 0.2) is 24.3 Å². The molecule has 0 saturated carbocycles. The van der Waals surface area contributed by atoms with Crippen LogP contribution in [0.4, 0.5) is 11.4 Å². The van der Waals surface area contributed by atoms with Crippen molar-refractivity contribution in [3.8, 4) is 0 Å². The summed E-state index contributed by atoms with van der Waals surface area (Å²) in [6.07, 6.45) is 0.648. The zero-order chi connectivity index (χ0) is 17.2. The predicted octanol–water partition coefficient (Wildman–Crippen LogP) is 1.00. The van der Waals surface area contributed by atoms with Crippen molar-refractivity contribution in [3.63, 3.8) is 0 Å². The fourth-order valence-corrected chi connectivity index (χ4v) is 1.79. The van der Waals surface area contributed by atoms with Gasteiger partial charge >= 0.3 is 5.97 Å². The van der Waals surface area contributed by atoms with Gasteiger partial charge < -0.3 is 20.5 Å². The predicted molar refractivity (Wildman–Crippen MR) is 82.3 cm³/mol. The Morgan fingerprint density at radius 3 is 2.52 bits per heavy atom. The average molecular weight is 325 g/mol. The minimum Gasteiger partial charge on any atom is -0.480 e. The first-order valence-electron chi connectivity index (χ1n) is 6.93. The third-order valence-corrected chi connectivity index (χ3v) is 2.95. The molecule has 3 N–H and O–H groups in total. The molecule has 0 heterocycles. The van der Waals surface area contributed by atoms with Crippen LogP contribution in [0.5, 0.6) is 0 Å². The van der Waals surface area contributed by atoms with Crippen molar-refractivity contribution in [1.29, 1.82) is 0 Å². The molecule has 1 unspecified atom stereocenters. The molecular weight excluding hydrogens is 306 g/mol. The topological polar surface area (TPSA) is 131 Å². The van der Waals surface area contributed by atoms with Crippen molar-refractivity contribution >= 4 is 23.3 Å². The van der Waals surface area contributed by atoms with E-state index in [0.717, 1.165) is 0 Å². The van der Waals surface area contributed by atoms with Gasteiger partial charge in [0.05, 0.1) is 11.5 Å². The fraction of sp³-hybridized carbons (Fsp3) is 0.429. The van der Waals surface area contributed by atoms with Crippen LogP contribution in [-0.4, -0.2) is 48.2 Å². The lowest BCUT2D eigenvalue weighted by Gasteiger charge is -2.13. The Hall–Kier alpha value is -2.68. The maximum absolute atomic E-state index is 11.6. The number of carbonyl (C=O) groups excluding carboxylic acids is 1. The van der Waals surface area contributed by atoms with Gasteiger partial charge in [-0.25, -0.2) is 4.79 Å². The molecule has 0 aliphatic heterocycles. The van der Waals surface area contributed by atoms with Gasteiger partial charge in [0.2, 0.25) is 5.91 Å². The summed E-state index contributed by atoms with van der Waals surface area (Å²) in [7, 11) is 1.36. The van der Waals surface area contributed by atoms with E-state index >= 15 is 0 Å². The minimum atomic E-state index is -1.15. The third kappa shape index (κ3) is 6.74. The highest BCUT2D eigenvalue weighted by molar-refractivity contribution is 5.83. The summed E-state index contributed by atoms with van der Waals surface area (Å²) >= 11 is 0. The van der Waals surface area contributed by atoms with Gasteiger partial charge in [-0.15, -0.1) is 0 Å². The van der Waals surface area contributed by atoms with Crippen molar-refractivity contribution < 1.29 is 24.4 Å². The molecule has 9 nitrogen and oxygen atoms in total. The molecular formula is C14H19N3O6. The number of methoxy groups -OCH3 is 1. The number of nitro groups is 1. The Labute approximate surface area is 132 Å². The van der Waals surface area contributed by atoms with Crippen LogP contribution in [0.1, 0.15) is 12.8 Å². The minimum absolute atomic E-state index is 0.00721. The van der Waals surface area contributed by atoms with E-state index in [4.69, 9.17) is 9.84 Å². The summed E-state index contributed by atoms with van der Waals surface area (Å²) in [5.41, 5.74) is 0.714. The Morgan fingerprint density at radius 1 is 1.35 bits per heavy atom. The van der Waals surface area contributed by atoms with E-state index in [-0.39, 0.29) is 24.6 Å². The molecule has 23 heavy (non-hydrogen) atoms. The summed E-state index contributed by atoms with van der Waals surface area (Å²) in [5.74, 6) is -1.52. The van der Waals surface area contributed by atoms with Crippen LogP contribution in [0.2, 0.25) is 0 Å². The number of non-ortho nitro benzene ring substituents is 1. The standard InChI is InChI=1S/C14H19N3O6/c1-23-9-12(14(19)20)16-13(18)3-2-8-15-10-4-6-11(7-5-10)17(21)22/h4-7,12,15H,2-3,8-9H2,1H3,(H,16,18)(H,19,20). The number of ether oxygens (including phenoxy) is 1. The van der Waals surface area contributed by atoms with E-state index < -0.39 is 16.9 Å². The van der Waals surface area contributed by atoms with Crippen molar-refractivity contribution in [2.75, 3.05) is 25.6 Å². The first-order chi connectivity index (χ1) is 10.9. The van der Waals surface area contributed by atoms with Gasteiger partial charge in [0.25, 0.3) is 5.69 Å². The number of benzene rings is 1. The second kappa shape index (κ2) is 9.36. The number of anilines is 1. The van der Waals surface area contributed by atoms with Crippen molar-refractivity contribution in [2.45, 2.75) is 18.9 Å². The Bertz CT molecular complexity index is 546. The number of hydrogen-bond donors (Lipinski definition) is 3. The first kappa shape index (κ1) is 18.4. The highest BCUT2D eigenvalue weighted by atomic mass is 16.6. The summed E-state index contributed by atoms with van der Waals surface area (Å²) in [4.78, 5) is 32.5. The Kier molecular flexibility index (Phi) is 7.48. The smallest absolute Gasteiger partial charge is 0.328 e. The molecule has 9 heteroatoms. The SMILES string of the molecule is COCC(NC(=O)CCCNc1ccc([N+](=O)[O-])cc1)C(=O)O. The average Bonchev–Trinajstić information content (AvgIpc) is 2.51. The number of nitrogens with one attached hydrogen (secondary N) is 2. The van der Waals surface area contributed by atoms with Crippen LogP contribution >= 0.6 is 0 Å². The number of hydrogen-bond acceptors (Lipinski definition) is 6. The molecule has 1 aromatic rings. The zero-order valence-electron chi connectivity index (χ0n) is 12.7. The van der Waals surface area contributed by atoms with Crippen LogP contribution < -0.4 is 10.6 Å². The lowest BCUT2D eigenvalue weighted by molar-refractivity contribution is -0.384. The maximum Gasteiger partial charge on any atom is 0.328 e. The van der Waals surface area contributed by atoms with Gasteiger partial charge in [-0.1, -0.05) is 0 Å². The van der Waals surface area contributed by atoms with Gasteiger partial charge in [0, 0.05) is 37.9 Å². The van der Waals surface area contributed by atoms with Gasteiger partial charge in [-0.2, -0.15) is 0 Å². The molecule has 1 rings (SSSR count). The van der Waals surface area contributed by atoms with Crippen molar-refractivity contribution in [1.82, 2.24) is 5.32 Å². The van der Waals surface area contributed by atoms with Crippen molar-refractivity contribution in [2.24, 2.45) is 0 Å². The number of nitro benzene ring substituents is 1. The Balaban J connectivity index is 2.29. The number of carbonyl (C=O) groups is 2. The van der Waals surface area contributed by atoms with Crippen LogP contribution in [-0.2, 0) is 14.3 Å². The summed E-state index contributed by atoms with van der Waals surface area (Å²) in [6.45, 7) is 0.384. The maximum atomic E-state index is 11.6. The molecule has 1 amide bonds. The lowest BCUT2D eigenvalue weighted by Crippen LogP contribution is -2.43. The van der Waals surface area contributed by atoms with Gasteiger partial charge in [-0.05, 0) is 18.6 Å². The number of rotatable bonds is 10. The van der Waals surface area contributed by atoms with Gasteiger partial charge in [0.1, 0.15) is 0 Å². The molecule has 1 atom stereocenters. The van der Waals surface area contributed by atoms with E-state index in [1.165, 1.54) is 19.2 Å². The van der Waals surface area contributed by atoms with Gasteiger partial charge in [0.15, 0.2) is 6.04 Å². The molecule has 0 bridgehead atoms. The number of amides is 1. The fourth-order valence-electron chi connectivity index (χ4n) is 1.79. The molecule has 0 spiro atoms. The number of aliphatic carboxylic acids is 1. The molecule has 0 fully saturated rings. The second-order valence-corrected chi connectivity index (χ2v) is 4.75. The van der Waals surface area contributed by atoms with Crippen LogP contribution in [0.25, 0.3) is 0 Å². The Morgan fingerprint density at radius 2 is 2.00 bits per heavy atom. The van der Waals surface area contributed by atoms with Crippen LogP contribution in [0.3, 0.4) is 0 Å². The van der Waals surface area contributed by atoms with E-state index in [1.54, 1.807) is 12.1 Å². The molecule has 0 aliphatic rings. The van der Waals surface area contributed by atoms with Gasteiger partial charge in [-0.3, -0.25) is 14.9 Å². The van der Waals surface area contributed by atoms with E-state index in [2.05, 4.69) is 10.6 Å². The largest absolute Gasteiger partial charge is 0.480 e. The molecule has 0 aromatic heterocycles. The lowest BCUT2D eigenvalue weighted by atomic mass is 10.2.